The molecule has 4 heteroatoms. The lowest BCUT2D eigenvalue weighted by Gasteiger charge is -2.08. The molecule has 0 fully saturated rings. The topological polar surface area (TPSA) is 37.8 Å². The molecule has 0 radical (unpaired) electrons. The summed E-state index contributed by atoms with van der Waals surface area (Å²) in [6, 6.07) is 0.539. The Bertz CT molecular complexity index is 284. The van der Waals surface area contributed by atoms with Crippen molar-refractivity contribution in [1.82, 2.24) is 9.36 Å². The summed E-state index contributed by atoms with van der Waals surface area (Å²) in [4.78, 5) is 4.24. The predicted octanol–water partition coefficient (Wildman–Crippen LogP) is 1.98. The van der Waals surface area contributed by atoms with E-state index in [9.17, 15) is 0 Å². The molecule has 12 heavy (non-hydrogen) atoms. The molecular formula is C8H11N3S. The predicted molar refractivity (Wildman–Crippen MR) is 50.4 cm³/mol. The number of hydrogen-bond donors (Lipinski definition) is 1. The Hall–Kier alpha value is -0.900. The van der Waals surface area contributed by atoms with Crippen LogP contribution < -0.4 is 5.32 Å². The molecule has 0 aromatic carbocycles. The van der Waals surface area contributed by atoms with Gasteiger partial charge in [0, 0.05) is 17.6 Å². The Morgan fingerprint density at radius 2 is 2.25 bits per heavy atom. The summed E-state index contributed by atoms with van der Waals surface area (Å²) in [5, 5.41) is 4.29. The Labute approximate surface area is 75.7 Å². The van der Waals surface area contributed by atoms with Crippen LogP contribution in [-0.4, -0.2) is 15.4 Å². The van der Waals surface area contributed by atoms with E-state index in [-0.39, 0.29) is 0 Å². The van der Waals surface area contributed by atoms with Gasteiger partial charge in [-0.3, -0.25) is 0 Å². The van der Waals surface area contributed by atoms with Crippen LogP contribution in [0.1, 0.15) is 18.7 Å². The van der Waals surface area contributed by atoms with Crippen LogP contribution in [0.2, 0.25) is 0 Å². The molecule has 1 aromatic heterocycles. The number of anilines is 1. The Morgan fingerprint density at radius 3 is 2.83 bits per heavy atom. The average molecular weight is 181 g/mol. The fourth-order valence-corrected chi connectivity index (χ4v) is 1.92. The molecule has 1 aromatic rings. The van der Waals surface area contributed by atoms with Crippen LogP contribution >= 0.6 is 11.5 Å². The van der Waals surface area contributed by atoms with Crippen molar-refractivity contribution in [1.29, 1.82) is 0 Å². The Kier molecular flexibility index (Phi) is 2.08. The lowest BCUT2D eigenvalue weighted by molar-refractivity contribution is 0.784. The number of nitrogens with zero attached hydrogens (tertiary/aromatic N) is 2. The molecule has 2 rings (SSSR count). The van der Waals surface area contributed by atoms with Crippen molar-refractivity contribution in [2.24, 2.45) is 0 Å². The van der Waals surface area contributed by atoms with Gasteiger partial charge >= 0.3 is 0 Å². The first kappa shape index (κ1) is 7.73. The van der Waals surface area contributed by atoms with Crippen LogP contribution in [0.5, 0.6) is 0 Å². The maximum Gasteiger partial charge on any atom is 0.202 e. The van der Waals surface area contributed by atoms with E-state index in [0.29, 0.717) is 6.04 Å². The van der Waals surface area contributed by atoms with Crippen molar-refractivity contribution in [2.45, 2.75) is 25.8 Å². The molecule has 0 atom stereocenters. The molecule has 64 valence electrons. The standard InChI is InChI=1S/C8H11N3S/c1-6-9-8(12-11-6)10-7-4-2-3-5-7/h2-3,7H,4-5H2,1H3,(H,9,10,11). The molecule has 0 saturated heterocycles. The summed E-state index contributed by atoms with van der Waals surface area (Å²) >= 11 is 1.44. The molecule has 0 aliphatic heterocycles. The second-order valence-electron chi connectivity index (χ2n) is 2.93. The molecule has 1 aliphatic carbocycles. The zero-order valence-corrected chi connectivity index (χ0v) is 7.77. The van der Waals surface area contributed by atoms with Crippen molar-refractivity contribution >= 4 is 16.7 Å². The van der Waals surface area contributed by atoms with Gasteiger partial charge in [-0.25, -0.2) is 4.98 Å². The lowest BCUT2D eigenvalue weighted by Crippen LogP contribution is -2.14. The van der Waals surface area contributed by atoms with Gasteiger partial charge in [0.2, 0.25) is 5.13 Å². The number of aromatic nitrogens is 2. The fourth-order valence-electron chi connectivity index (χ4n) is 1.27. The highest BCUT2D eigenvalue weighted by Gasteiger charge is 2.11. The minimum atomic E-state index is 0.539. The molecular weight excluding hydrogens is 170 g/mol. The summed E-state index contributed by atoms with van der Waals surface area (Å²) in [6.45, 7) is 1.91. The smallest absolute Gasteiger partial charge is 0.202 e. The number of rotatable bonds is 2. The molecule has 0 unspecified atom stereocenters. The van der Waals surface area contributed by atoms with Gasteiger partial charge in [-0.2, -0.15) is 4.37 Å². The molecule has 0 bridgehead atoms. The van der Waals surface area contributed by atoms with Gasteiger partial charge in [0.25, 0.3) is 0 Å². The van der Waals surface area contributed by atoms with Crippen LogP contribution in [0.4, 0.5) is 5.13 Å². The molecule has 3 nitrogen and oxygen atoms in total. The summed E-state index contributed by atoms with van der Waals surface area (Å²) < 4.78 is 4.11. The summed E-state index contributed by atoms with van der Waals surface area (Å²) in [7, 11) is 0. The van der Waals surface area contributed by atoms with E-state index in [2.05, 4.69) is 26.8 Å². The van der Waals surface area contributed by atoms with Crippen molar-refractivity contribution in [3.05, 3.63) is 18.0 Å². The molecule has 1 aliphatic rings. The van der Waals surface area contributed by atoms with Crippen molar-refractivity contribution in [3.8, 4) is 0 Å². The first-order valence-electron chi connectivity index (χ1n) is 4.06. The van der Waals surface area contributed by atoms with E-state index < -0.39 is 0 Å². The second kappa shape index (κ2) is 3.23. The first-order chi connectivity index (χ1) is 5.84. The number of nitrogens with one attached hydrogen (secondary N) is 1. The maximum absolute atomic E-state index is 4.24. The molecule has 1 N–H and O–H groups in total. The SMILES string of the molecule is Cc1nsc(NC2CC=CC2)n1. The maximum atomic E-state index is 4.24. The third-order valence-corrected chi connectivity index (χ3v) is 2.60. The summed E-state index contributed by atoms with van der Waals surface area (Å²) in [5.41, 5.74) is 0. The average Bonchev–Trinajstić information content (AvgIpc) is 2.63. The Morgan fingerprint density at radius 1 is 1.50 bits per heavy atom. The minimum Gasteiger partial charge on any atom is -0.357 e. The zero-order chi connectivity index (χ0) is 8.39. The molecule has 1 heterocycles. The van der Waals surface area contributed by atoms with Gasteiger partial charge in [0.1, 0.15) is 5.82 Å². The van der Waals surface area contributed by atoms with E-state index in [0.717, 1.165) is 23.8 Å². The monoisotopic (exact) mass is 181 g/mol. The first-order valence-corrected chi connectivity index (χ1v) is 4.84. The van der Waals surface area contributed by atoms with E-state index in [1.165, 1.54) is 11.5 Å². The van der Waals surface area contributed by atoms with Gasteiger partial charge in [-0.15, -0.1) is 0 Å². The normalized spacial score (nSPS) is 17.1. The quantitative estimate of drug-likeness (QED) is 0.709. The second-order valence-corrected chi connectivity index (χ2v) is 3.68. The van der Waals surface area contributed by atoms with Gasteiger partial charge in [-0.05, 0) is 19.8 Å². The van der Waals surface area contributed by atoms with Crippen LogP contribution in [0.3, 0.4) is 0 Å². The van der Waals surface area contributed by atoms with E-state index in [1.54, 1.807) is 0 Å². The highest BCUT2D eigenvalue weighted by atomic mass is 32.1. The van der Waals surface area contributed by atoms with Gasteiger partial charge in [0.15, 0.2) is 0 Å². The van der Waals surface area contributed by atoms with Crippen LogP contribution in [-0.2, 0) is 0 Å². The van der Waals surface area contributed by atoms with Gasteiger partial charge in [0.05, 0.1) is 0 Å². The minimum absolute atomic E-state index is 0.539. The molecule has 0 amide bonds. The Balaban J connectivity index is 1.95. The zero-order valence-electron chi connectivity index (χ0n) is 6.95. The largest absolute Gasteiger partial charge is 0.357 e. The lowest BCUT2D eigenvalue weighted by atomic mass is 10.2. The third-order valence-electron chi connectivity index (χ3n) is 1.86. The number of hydrogen-bond acceptors (Lipinski definition) is 4. The van der Waals surface area contributed by atoms with Crippen LogP contribution in [0, 0.1) is 6.92 Å². The number of aryl methyl sites for hydroxylation is 1. The van der Waals surface area contributed by atoms with E-state index in [1.807, 2.05) is 6.92 Å². The molecule has 0 saturated carbocycles. The highest BCUT2D eigenvalue weighted by Crippen LogP contribution is 2.17. The van der Waals surface area contributed by atoms with E-state index in [4.69, 9.17) is 0 Å². The molecule has 0 spiro atoms. The van der Waals surface area contributed by atoms with Gasteiger partial charge < -0.3 is 5.32 Å². The van der Waals surface area contributed by atoms with E-state index >= 15 is 0 Å². The summed E-state index contributed by atoms with van der Waals surface area (Å²) in [6.07, 6.45) is 6.62. The third kappa shape index (κ3) is 1.64. The van der Waals surface area contributed by atoms with Crippen LogP contribution in [0.25, 0.3) is 0 Å². The van der Waals surface area contributed by atoms with Crippen molar-refractivity contribution < 1.29 is 0 Å². The van der Waals surface area contributed by atoms with Crippen LogP contribution in [0.15, 0.2) is 12.2 Å². The highest BCUT2D eigenvalue weighted by molar-refractivity contribution is 7.09. The fraction of sp³-hybridized carbons (Fsp3) is 0.500. The summed E-state index contributed by atoms with van der Waals surface area (Å²) in [5.74, 6) is 0.855. The van der Waals surface area contributed by atoms with Crippen molar-refractivity contribution in [2.75, 3.05) is 5.32 Å². The van der Waals surface area contributed by atoms with Crippen molar-refractivity contribution in [3.63, 3.8) is 0 Å². The van der Waals surface area contributed by atoms with Gasteiger partial charge in [-0.1, -0.05) is 12.2 Å².